The molecule has 0 atom stereocenters. The maximum Gasteiger partial charge on any atom is 0.188 e. The molecule has 2 fully saturated rings. The minimum Gasteiger partial charge on any atom is -0.370 e. The molecule has 0 saturated heterocycles. The van der Waals surface area contributed by atoms with Crippen LogP contribution in [0.25, 0.3) is 0 Å². The lowest BCUT2D eigenvalue weighted by Crippen LogP contribution is -2.39. The van der Waals surface area contributed by atoms with Gasteiger partial charge < -0.3 is 11.1 Å². The second-order valence-corrected chi connectivity index (χ2v) is 5.20. The van der Waals surface area contributed by atoms with Gasteiger partial charge in [-0.3, -0.25) is 4.99 Å². The fourth-order valence-corrected chi connectivity index (χ4v) is 2.18. The Labute approximate surface area is 96.7 Å². The molecule has 2 aliphatic rings. The number of guanidine groups is 1. The topological polar surface area (TPSA) is 50.4 Å². The largest absolute Gasteiger partial charge is 0.370 e. The lowest BCUT2D eigenvalue weighted by molar-refractivity contribution is 0.0554. The molecule has 2 saturated carbocycles. The minimum absolute atomic E-state index is 0.481. The fourth-order valence-electron chi connectivity index (χ4n) is 2.18. The van der Waals surface area contributed by atoms with Crippen molar-refractivity contribution in [1.82, 2.24) is 5.32 Å². The van der Waals surface area contributed by atoms with Gasteiger partial charge in [-0.1, -0.05) is 6.42 Å². The third kappa shape index (κ3) is 3.09. The summed E-state index contributed by atoms with van der Waals surface area (Å²) in [6, 6.07) is 0. The van der Waals surface area contributed by atoms with E-state index < -0.39 is 5.67 Å². The predicted molar refractivity (Wildman–Crippen MR) is 64.1 cm³/mol. The van der Waals surface area contributed by atoms with E-state index in [1.807, 2.05) is 0 Å². The Kier molecular flexibility index (Phi) is 3.66. The van der Waals surface area contributed by atoms with Crippen LogP contribution >= 0.6 is 0 Å². The highest BCUT2D eigenvalue weighted by atomic mass is 19.1. The number of nitrogens with one attached hydrogen (secondary N) is 1. The molecular formula is C12H22FN3. The molecule has 3 nitrogen and oxygen atoms in total. The Morgan fingerprint density at radius 3 is 2.62 bits per heavy atom. The van der Waals surface area contributed by atoms with E-state index in [2.05, 4.69) is 10.3 Å². The third-order valence-corrected chi connectivity index (χ3v) is 3.87. The Hall–Kier alpha value is -0.800. The van der Waals surface area contributed by atoms with Crippen LogP contribution in [-0.4, -0.2) is 24.7 Å². The second-order valence-electron chi connectivity index (χ2n) is 5.20. The molecule has 0 unspecified atom stereocenters. The summed E-state index contributed by atoms with van der Waals surface area (Å²) in [5, 5.41) is 3.00. The van der Waals surface area contributed by atoms with Gasteiger partial charge in [-0.05, 0) is 44.4 Å². The van der Waals surface area contributed by atoms with E-state index >= 15 is 0 Å². The highest BCUT2D eigenvalue weighted by Gasteiger charge is 2.36. The maximum absolute atomic E-state index is 13.6. The van der Waals surface area contributed by atoms with Gasteiger partial charge in [-0.25, -0.2) is 4.39 Å². The lowest BCUT2D eigenvalue weighted by Gasteiger charge is -2.33. The van der Waals surface area contributed by atoms with Crippen molar-refractivity contribution in [1.29, 1.82) is 0 Å². The highest BCUT2D eigenvalue weighted by Crippen LogP contribution is 2.38. The number of alkyl halides is 1. The standard InChI is InChI=1S/C12H22FN3/c13-12(5-2-6-12)7-8-15-11(14)16-9-10-3-1-4-10/h10H,1-9H2,(H3,14,15,16). The smallest absolute Gasteiger partial charge is 0.188 e. The summed E-state index contributed by atoms with van der Waals surface area (Å²) in [6.45, 7) is 1.44. The lowest BCUT2D eigenvalue weighted by atomic mass is 9.80. The van der Waals surface area contributed by atoms with Crippen LogP contribution in [0.2, 0.25) is 0 Å². The zero-order valence-corrected chi connectivity index (χ0v) is 9.84. The molecule has 0 aliphatic heterocycles. The summed E-state index contributed by atoms with van der Waals surface area (Å²) < 4.78 is 13.6. The molecule has 16 heavy (non-hydrogen) atoms. The Bertz CT molecular complexity index is 257. The van der Waals surface area contributed by atoms with Gasteiger partial charge >= 0.3 is 0 Å². The molecule has 2 rings (SSSR count). The van der Waals surface area contributed by atoms with Gasteiger partial charge in [-0.2, -0.15) is 0 Å². The second kappa shape index (κ2) is 5.02. The van der Waals surface area contributed by atoms with Crippen LogP contribution in [0.15, 0.2) is 4.99 Å². The molecule has 0 radical (unpaired) electrons. The van der Waals surface area contributed by atoms with E-state index in [4.69, 9.17) is 5.73 Å². The Morgan fingerprint density at radius 1 is 1.38 bits per heavy atom. The van der Waals surface area contributed by atoms with Crippen LogP contribution in [0.1, 0.15) is 44.9 Å². The molecule has 2 aliphatic carbocycles. The minimum atomic E-state index is -0.915. The van der Waals surface area contributed by atoms with Gasteiger partial charge in [0.2, 0.25) is 0 Å². The van der Waals surface area contributed by atoms with Gasteiger partial charge in [0.15, 0.2) is 5.96 Å². The molecule has 0 aromatic carbocycles. The fraction of sp³-hybridized carbons (Fsp3) is 0.917. The first-order valence-electron chi connectivity index (χ1n) is 6.41. The monoisotopic (exact) mass is 227 g/mol. The first-order valence-corrected chi connectivity index (χ1v) is 6.41. The number of halogens is 1. The summed E-state index contributed by atoms with van der Waals surface area (Å²) in [4.78, 5) is 4.27. The Balaban J connectivity index is 1.57. The zero-order chi connectivity index (χ0) is 11.4. The van der Waals surface area contributed by atoms with E-state index in [9.17, 15) is 4.39 Å². The molecule has 0 bridgehead atoms. The summed E-state index contributed by atoms with van der Waals surface area (Å²) >= 11 is 0. The summed E-state index contributed by atoms with van der Waals surface area (Å²) in [6.07, 6.45) is 6.92. The highest BCUT2D eigenvalue weighted by molar-refractivity contribution is 5.77. The van der Waals surface area contributed by atoms with Crippen LogP contribution in [0.3, 0.4) is 0 Å². The molecule has 4 heteroatoms. The van der Waals surface area contributed by atoms with E-state index in [0.717, 1.165) is 18.9 Å². The first-order chi connectivity index (χ1) is 7.68. The summed E-state index contributed by atoms with van der Waals surface area (Å²) in [5.41, 5.74) is 4.79. The molecule has 3 N–H and O–H groups in total. The number of aliphatic imine (C=N–C) groups is 1. The van der Waals surface area contributed by atoms with Gasteiger partial charge in [0.1, 0.15) is 5.67 Å². The van der Waals surface area contributed by atoms with Crippen molar-refractivity contribution >= 4 is 5.96 Å². The van der Waals surface area contributed by atoms with Crippen LogP contribution in [0, 0.1) is 5.92 Å². The van der Waals surface area contributed by atoms with Gasteiger partial charge in [0.05, 0.1) is 0 Å². The van der Waals surface area contributed by atoms with E-state index in [0.29, 0.717) is 31.8 Å². The van der Waals surface area contributed by atoms with Crippen molar-refractivity contribution < 1.29 is 4.39 Å². The average Bonchev–Trinajstić information content (AvgIpc) is 2.13. The van der Waals surface area contributed by atoms with Crippen molar-refractivity contribution in [3.8, 4) is 0 Å². The molecule has 92 valence electrons. The molecule has 0 aromatic rings. The number of hydrogen-bond acceptors (Lipinski definition) is 1. The number of hydrogen-bond donors (Lipinski definition) is 2. The molecule has 0 spiro atoms. The molecule has 0 aromatic heterocycles. The van der Waals surface area contributed by atoms with Crippen molar-refractivity contribution in [3.05, 3.63) is 0 Å². The van der Waals surface area contributed by atoms with E-state index in [1.165, 1.54) is 19.3 Å². The van der Waals surface area contributed by atoms with Crippen molar-refractivity contribution in [2.45, 2.75) is 50.6 Å². The van der Waals surface area contributed by atoms with Crippen LogP contribution < -0.4 is 11.1 Å². The molecule has 0 amide bonds. The SMILES string of the molecule is NC(=NCC1CCC1)NCCC1(F)CCC1. The Morgan fingerprint density at radius 2 is 2.12 bits per heavy atom. The van der Waals surface area contributed by atoms with Crippen molar-refractivity contribution in [2.75, 3.05) is 13.1 Å². The van der Waals surface area contributed by atoms with Crippen LogP contribution in [0.4, 0.5) is 4.39 Å². The number of nitrogens with two attached hydrogens (primary N) is 1. The average molecular weight is 227 g/mol. The zero-order valence-electron chi connectivity index (χ0n) is 9.84. The van der Waals surface area contributed by atoms with Gasteiger partial charge in [0, 0.05) is 13.1 Å². The summed E-state index contributed by atoms with van der Waals surface area (Å²) in [7, 11) is 0. The molecular weight excluding hydrogens is 205 g/mol. The van der Waals surface area contributed by atoms with Crippen molar-refractivity contribution in [3.63, 3.8) is 0 Å². The third-order valence-electron chi connectivity index (χ3n) is 3.87. The first kappa shape index (κ1) is 11.7. The predicted octanol–water partition coefficient (Wildman–Crippen LogP) is 1.97. The normalized spacial score (nSPS) is 24.7. The van der Waals surface area contributed by atoms with E-state index in [1.54, 1.807) is 0 Å². The van der Waals surface area contributed by atoms with Gasteiger partial charge in [0.25, 0.3) is 0 Å². The maximum atomic E-state index is 13.6. The quantitative estimate of drug-likeness (QED) is 0.557. The van der Waals surface area contributed by atoms with Gasteiger partial charge in [-0.15, -0.1) is 0 Å². The van der Waals surface area contributed by atoms with Crippen LogP contribution in [-0.2, 0) is 0 Å². The summed E-state index contributed by atoms with van der Waals surface area (Å²) in [5.74, 6) is 1.22. The van der Waals surface area contributed by atoms with Crippen LogP contribution in [0.5, 0.6) is 0 Å². The van der Waals surface area contributed by atoms with Crippen molar-refractivity contribution in [2.24, 2.45) is 16.6 Å². The van der Waals surface area contributed by atoms with E-state index in [-0.39, 0.29) is 0 Å². The number of nitrogens with zero attached hydrogens (tertiary/aromatic N) is 1. The molecule has 0 heterocycles. The number of rotatable bonds is 5.